The van der Waals surface area contributed by atoms with Gasteiger partial charge < -0.3 is 10.1 Å². The second-order valence-corrected chi connectivity index (χ2v) is 8.89. The first-order valence-corrected chi connectivity index (χ1v) is 10.6. The smallest absolute Gasteiger partial charge is 0.260 e. The molecule has 6 heteroatoms. The topological polar surface area (TPSA) is 72.5 Å². The van der Waals surface area contributed by atoms with Crippen LogP contribution in [-0.4, -0.2) is 38.0 Å². The quantitative estimate of drug-likeness (QED) is 0.875. The summed E-state index contributed by atoms with van der Waals surface area (Å²) in [7, 11) is -2.93. The SMILES string of the molecule is C[C@H](Oc1ccc(-c2ccccc2)cc1)C(=O)NC1CCS(=O)(=O)CC1. The Bertz CT molecular complexity index is 833. The number of amides is 1. The van der Waals surface area contributed by atoms with E-state index in [2.05, 4.69) is 5.32 Å². The van der Waals surface area contributed by atoms with Crippen molar-refractivity contribution in [1.82, 2.24) is 5.32 Å². The second kappa shape index (κ2) is 7.91. The molecule has 0 spiro atoms. The molecule has 5 nitrogen and oxygen atoms in total. The number of ether oxygens (including phenoxy) is 1. The summed E-state index contributed by atoms with van der Waals surface area (Å²) in [4.78, 5) is 12.3. The van der Waals surface area contributed by atoms with Gasteiger partial charge in [-0.2, -0.15) is 0 Å². The Hall–Kier alpha value is -2.34. The molecule has 1 aliphatic rings. The van der Waals surface area contributed by atoms with E-state index in [-0.39, 0.29) is 23.5 Å². The van der Waals surface area contributed by atoms with E-state index in [9.17, 15) is 13.2 Å². The number of carbonyl (C=O) groups excluding carboxylic acids is 1. The summed E-state index contributed by atoms with van der Waals surface area (Å²) >= 11 is 0. The normalized spacial score (nSPS) is 18.0. The van der Waals surface area contributed by atoms with Crippen molar-refractivity contribution in [1.29, 1.82) is 0 Å². The van der Waals surface area contributed by atoms with Crippen LogP contribution in [0.5, 0.6) is 5.75 Å². The molecule has 3 rings (SSSR count). The molecule has 1 amide bonds. The molecule has 0 saturated carbocycles. The number of rotatable bonds is 5. The molecule has 138 valence electrons. The van der Waals surface area contributed by atoms with Crippen LogP contribution in [-0.2, 0) is 14.6 Å². The molecule has 2 aromatic rings. The van der Waals surface area contributed by atoms with Gasteiger partial charge in [0, 0.05) is 6.04 Å². The molecule has 1 heterocycles. The zero-order valence-electron chi connectivity index (χ0n) is 14.7. The van der Waals surface area contributed by atoms with Crippen molar-refractivity contribution < 1.29 is 17.9 Å². The maximum absolute atomic E-state index is 12.3. The minimum absolute atomic E-state index is 0.0995. The van der Waals surface area contributed by atoms with Gasteiger partial charge >= 0.3 is 0 Å². The maximum atomic E-state index is 12.3. The van der Waals surface area contributed by atoms with Crippen LogP contribution in [0.1, 0.15) is 19.8 Å². The molecule has 0 unspecified atom stereocenters. The highest BCUT2D eigenvalue weighted by atomic mass is 32.2. The van der Waals surface area contributed by atoms with Crippen LogP contribution in [0.15, 0.2) is 54.6 Å². The van der Waals surface area contributed by atoms with Crippen molar-refractivity contribution in [2.45, 2.75) is 31.9 Å². The molecule has 1 saturated heterocycles. The lowest BCUT2D eigenvalue weighted by molar-refractivity contribution is -0.128. The van der Waals surface area contributed by atoms with E-state index in [1.54, 1.807) is 6.92 Å². The van der Waals surface area contributed by atoms with Crippen molar-refractivity contribution in [3.8, 4) is 16.9 Å². The molecule has 2 aromatic carbocycles. The van der Waals surface area contributed by atoms with Crippen LogP contribution in [0.3, 0.4) is 0 Å². The number of carbonyl (C=O) groups is 1. The molecule has 1 atom stereocenters. The fraction of sp³-hybridized carbons (Fsp3) is 0.350. The fourth-order valence-corrected chi connectivity index (χ4v) is 4.46. The number of sulfone groups is 1. The van der Waals surface area contributed by atoms with E-state index in [0.717, 1.165) is 11.1 Å². The van der Waals surface area contributed by atoms with Crippen LogP contribution in [0.2, 0.25) is 0 Å². The van der Waals surface area contributed by atoms with E-state index in [0.29, 0.717) is 18.6 Å². The number of nitrogens with one attached hydrogen (secondary N) is 1. The third kappa shape index (κ3) is 4.85. The molecule has 0 radical (unpaired) electrons. The average molecular weight is 373 g/mol. The third-order valence-corrected chi connectivity index (χ3v) is 6.26. The zero-order valence-corrected chi connectivity index (χ0v) is 15.5. The molecule has 26 heavy (non-hydrogen) atoms. The Morgan fingerprint density at radius 1 is 1.00 bits per heavy atom. The summed E-state index contributed by atoms with van der Waals surface area (Å²) in [6, 6.07) is 17.5. The molecule has 1 fully saturated rings. The van der Waals surface area contributed by atoms with Gasteiger partial charge in [0.15, 0.2) is 6.10 Å². The van der Waals surface area contributed by atoms with Crippen LogP contribution >= 0.6 is 0 Å². The lowest BCUT2D eigenvalue weighted by Gasteiger charge is -2.24. The molecule has 1 aliphatic heterocycles. The number of benzene rings is 2. The molecule has 0 aromatic heterocycles. The van der Waals surface area contributed by atoms with Crippen LogP contribution in [0.25, 0.3) is 11.1 Å². The monoisotopic (exact) mass is 373 g/mol. The van der Waals surface area contributed by atoms with Crippen molar-refractivity contribution >= 4 is 15.7 Å². The lowest BCUT2D eigenvalue weighted by Crippen LogP contribution is -2.45. The summed E-state index contributed by atoms with van der Waals surface area (Å²) < 4.78 is 28.6. The highest BCUT2D eigenvalue weighted by Gasteiger charge is 2.26. The van der Waals surface area contributed by atoms with Crippen molar-refractivity contribution in [3.63, 3.8) is 0 Å². The van der Waals surface area contributed by atoms with Gasteiger partial charge in [0.2, 0.25) is 0 Å². The molecular formula is C20H23NO4S. The van der Waals surface area contributed by atoms with E-state index in [1.165, 1.54) is 0 Å². The predicted octanol–water partition coefficient (Wildman–Crippen LogP) is 2.81. The Labute approximate surface area is 154 Å². The summed E-state index contributed by atoms with van der Waals surface area (Å²) in [5, 5.41) is 2.89. The van der Waals surface area contributed by atoms with Crippen LogP contribution in [0, 0.1) is 0 Å². The van der Waals surface area contributed by atoms with Crippen LogP contribution < -0.4 is 10.1 Å². The van der Waals surface area contributed by atoms with Gasteiger partial charge in [-0.1, -0.05) is 42.5 Å². The van der Waals surface area contributed by atoms with Crippen LogP contribution in [0.4, 0.5) is 0 Å². The van der Waals surface area contributed by atoms with E-state index in [1.807, 2.05) is 54.6 Å². The summed E-state index contributed by atoms with van der Waals surface area (Å²) in [5.41, 5.74) is 2.20. The Kier molecular flexibility index (Phi) is 5.61. The minimum Gasteiger partial charge on any atom is -0.481 e. The molecule has 0 aliphatic carbocycles. The second-order valence-electron chi connectivity index (χ2n) is 6.59. The summed E-state index contributed by atoms with van der Waals surface area (Å²) in [6.07, 6.45) is 0.287. The van der Waals surface area contributed by atoms with Gasteiger partial charge in [0.25, 0.3) is 5.91 Å². The van der Waals surface area contributed by atoms with E-state index in [4.69, 9.17) is 4.74 Å². The third-order valence-electron chi connectivity index (χ3n) is 4.54. The van der Waals surface area contributed by atoms with Gasteiger partial charge in [0.05, 0.1) is 11.5 Å². The highest BCUT2D eigenvalue weighted by molar-refractivity contribution is 7.91. The standard InChI is InChI=1S/C20H23NO4S/c1-15(20(22)21-18-11-13-26(23,24)14-12-18)25-19-9-7-17(8-10-19)16-5-3-2-4-6-16/h2-10,15,18H,11-14H2,1H3,(H,21,22)/t15-/m0/s1. The fourth-order valence-electron chi connectivity index (χ4n) is 2.97. The largest absolute Gasteiger partial charge is 0.481 e. The Morgan fingerprint density at radius 2 is 1.58 bits per heavy atom. The van der Waals surface area contributed by atoms with Gasteiger partial charge in [-0.15, -0.1) is 0 Å². The summed E-state index contributed by atoms with van der Waals surface area (Å²) in [5.74, 6) is 0.669. The van der Waals surface area contributed by atoms with E-state index < -0.39 is 15.9 Å². The average Bonchev–Trinajstić information content (AvgIpc) is 2.65. The highest BCUT2D eigenvalue weighted by Crippen LogP contribution is 2.22. The Balaban J connectivity index is 1.54. The zero-order chi connectivity index (χ0) is 18.6. The molecule has 0 bridgehead atoms. The van der Waals surface area contributed by atoms with Crippen molar-refractivity contribution in [2.24, 2.45) is 0 Å². The van der Waals surface area contributed by atoms with Gasteiger partial charge in [-0.25, -0.2) is 8.42 Å². The first-order chi connectivity index (χ1) is 12.4. The predicted molar refractivity (Wildman–Crippen MR) is 102 cm³/mol. The van der Waals surface area contributed by atoms with Gasteiger partial charge in [0.1, 0.15) is 15.6 Å². The lowest BCUT2D eigenvalue weighted by atomic mass is 10.1. The van der Waals surface area contributed by atoms with Gasteiger partial charge in [-0.05, 0) is 43.0 Å². The van der Waals surface area contributed by atoms with Crippen molar-refractivity contribution in [3.05, 3.63) is 54.6 Å². The maximum Gasteiger partial charge on any atom is 0.260 e. The molecule has 1 N–H and O–H groups in total. The summed E-state index contributed by atoms with van der Waals surface area (Å²) in [6.45, 7) is 1.69. The van der Waals surface area contributed by atoms with Crippen molar-refractivity contribution in [2.75, 3.05) is 11.5 Å². The van der Waals surface area contributed by atoms with E-state index >= 15 is 0 Å². The molecular weight excluding hydrogens is 350 g/mol. The first-order valence-electron chi connectivity index (χ1n) is 8.76. The number of hydrogen-bond acceptors (Lipinski definition) is 4. The van der Waals surface area contributed by atoms with Gasteiger partial charge in [-0.3, -0.25) is 4.79 Å². The first kappa shape index (κ1) is 18.5. The number of hydrogen-bond donors (Lipinski definition) is 1. The Morgan fingerprint density at radius 3 is 2.19 bits per heavy atom. The minimum atomic E-state index is -2.93.